The van der Waals surface area contributed by atoms with Gasteiger partial charge in [0.05, 0.1) is 23.6 Å². The Bertz CT molecular complexity index is 997. The van der Waals surface area contributed by atoms with Crippen LogP contribution in [0.2, 0.25) is 0 Å². The normalized spacial score (nSPS) is 11.7. The van der Waals surface area contributed by atoms with Crippen molar-refractivity contribution in [1.29, 1.82) is 0 Å². The van der Waals surface area contributed by atoms with Crippen LogP contribution in [0.5, 0.6) is 5.75 Å². The smallest absolute Gasteiger partial charge is 0.416 e. The number of ether oxygens (including phenoxy) is 1. The molecule has 1 aromatic heterocycles. The maximum absolute atomic E-state index is 12.6. The third-order valence-corrected chi connectivity index (χ3v) is 4.66. The van der Waals surface area contributed by atoms with Crippen LogP contribution in [0, 0.1) is 6.92 Å². The first-order valence-corrected chi connectivity index (χ1v) is 8.55. The molecule has 3 rings (SSSR count). The standard InChI is InChI=1S/C18H14F3NO3S/c1-10-7-13(24-2)8-14-15(10)16(23)25-17(22-14)26-9-11-3-5-12(6-4-11)18(19,20)21/h3-8H,9H2,1-2H3. The van der Waals surface area contributed by atoms with Crippen molar-refractivity contribution < 1.29 is 22.3 Å². The minimum absolute atomic E-state index is 0.148. The van der Waals surface area contributed by atoms with E-state index in [0.717, 1.165) is 23.9 Å². The number of aromatic nitrogens is 1. The van der Waals surface area contributed by atoms with Crippen molar-refractivity contribution in [1.82, 2.24) is 4.98 Å². The Morgan fingerprint density at radius 3 is 2.50 bits per heavy atom. The van der Waals surface area contributed by atoms with Crippen molar-refractivity contribution in [3.8, 4) is 5.75 Å². The van der Waals surface area contributed by atoms with Crippen LogP contribution < -0.4 is 10.4 Å². The van der Waals surface area contributed by atoms with E-state index in [1.165, 1.54) is 19.2 Å². The van der Waals surface area contributed by atoms with Crippen molar-refractivity contribution in [2.24, 2.45) is 0 Å². The summed E-state index contributed by atoms with van der Waals surface area (Å²) in [5, 5.41) is 0.528. The average Bonchev–Trinajstić information content (AvgIpc) is 2.58. The number of benzene rings is 2. The monoisotopic (exact) mass is 381 g/mol. The Morgan fingerprint density at radius 2 is 1.88 bits per heavy atom. The molecule has 26 heavy (non-hydrogen) atoms. The number of hydrogen-bond acceptors (Lipinski definition) is 5. The first-order chi connectivity index (χ1) is 12.3. The van der Waals surface area contributed by atoms with Crippen LogP contribution in [0.25, 0.3) is 10.9 Å². The highest BCUT2D eigenvalue weighted by Crippen LogP contribution is 2.30. The predicted molar refractivity (Wildman–Crippen MR) is 92.6 cm³/mol. The van der Waals surface area contributed by atoms with E-state index < -0.39 is 17.4 Å². The number of nitrogens with zero attached hydrogens (tertiary/aromatic N) is 1. The van der Waals surface area contributed by atoms with Gasteiger partial charge in [-0.25, -0.2) is 9.78 Å². The molecule has 8 heteroatoms. The van der Waals surface area contributed by atoms with E-state index in [4.69, 9.17) is 9.15 Å². The van der Waals surface area contributed by atoms with Crippen LogP contribution >= 0.6 is 11.8 Å². The summed E-state index contributed by atoms with van der Waals surface area (Å²) in [4.78, 5) is 16.5. The third-order valence-electron chi connectivity index (χ3n) is 3.76. The molecule has 0 saturated carbocycles. The molecule has 0 saturated heterocycles. The van der Waals surface area contributed by atoms with E-state index in [1.54, 1.807) is 19.1 Å². The second-order valence-electron chi connectivity index (χ2n) is 5.59. The van der Waals surface area contributed by atoms with E-state index in [0.29, 0.717) is 33.5 Å². The summed E-state index contributed by atoms with van der Waals surface area (Å²) in [7, 11) is 1.52. The molecule has 0 unspecified atom stereocenters. The van der Waals surface area contributed by atoms with Gasteiger partial charge in [0.25, 0.3) is 5.22 Å². The zero-order valence-corrected chi connectivity index (χ0v) is 14.7. The number of thioether (sulfide) groups is 1. The molecule has 3 aromatic rings. The van der Waals surface area contributed by atoms with Gasteiger partial charge in [0.15, 0.2) is 0 Å². The predicted octanol–water partition coefficient (Wildman–Crippen LogP) is 4.82. The SMILES string of the molecule is COc1cc(C)c2c(=O)oc(SCc3ccc(C(F)(F)F)cc3)nc2c1. The van der Waals surface area contributed by atoms with E-state index in [2.05, 4.69) is 4.98 Å². The van der Waals surface area contributed by atoms with Gasteiger partial charge in [-0.05, 0) is 36.2 Å². The Labute approximate surface area is 151 Å². The van der Waals surface area contributed by atoms with Crippen LogP contribution in [0.3, 0.4) is 0 Å². The minimum atomic E-state index is -4.37. The molecular weight excluding hydrogens is 367 g/mol. The molecule has 2 aromatic carbocycles. The molecule has 0 radical (unpaired) electrons. The van der Waals surface area contributed by atoms with Gasteiger partial charge in [-0.2, -0.15) is 13.2 Å². The number of methoxy groups -OCH3 is 1. The summed E-state index contributed by atoms with van der Waals surface area (Å²) in [5.74, 6) is 0.898. The molecule has 1 heterocycles. The minimum Gasteiger partial charge on any atom is -0.497 e. The van der Waals surface area contributed by atoms with Gasteiger partial charge in [0.2, 0.25) is 0 Å². The fourth-order valence-electron chi connectivity index (χ4n) is 2.46. The molecule has 0 fully saturated rings. The summed E-state index contributed by atoms with van der Waals surface area (Å²) >= 11 is 1.14. The van der Waals surface area contributed by atoms with Crippen LogP contribution in [-0.4, -0.2) is 12.1 Å². The van der Waals surface area contributed by atoms with Gasteiger partial charge >= 0.3 is 11.8 Å². The fraction of sp³-hybridized carbons (Fsp3) is 0.222. The number of aryl methyl sites for hydroxylation is 1. The second kappa shape index (κ2) is 7.03. The van der Waals surface area contributed by atoms with E-state index in [-0.39, 0.29) is 5.22 Å². The lowest BCUT2D eigenvalue weighted by Gasteiger charge is -2.08. The second-order valence-corrected chi connectivity index (χ2v) is 6.52. The van der Waals surface area contributed by atoms with Crippen molar-refractivity contribution in [2.75, 3.05) is 7.11 Å². The highest BCUT2D eigenvalue weighted by atomic mass is 32.2. The molecular formula is C18H14F3NO3S. The lowest BCUT2D eigenvalue weighted by atomic mass is 10.1. The third kappa shape index (κ3) is 3.85. The number of alkyl halides is 3. The molecule has 0 N–H and O–H groups in total. The number of halogens is 3. The molecule has 136 valence electrons. The van der Waals surface area contributed by atoms with Crippen molar-refractivity contribution >= 4 is 22.7 Å². The Kier molecular flexibility index (Phi) is 4.95. The van der Waals surface area contributed by atoms with Gasteiger partial charge < -0.3 is 9.15 Å². The van der Waals surface area contributed by atoms with Crippen molar-refractivity contribution in [3.63, 3.8) is 0 Å². The lowest BCUT2D eigenvalue weighted by molar-refractivity contribution is -0.137. The maximum Gasteiger partial charge on any atom is 0.416 e. The number of hydrogen-bond donors (Lipinski definition) is 0. The largest absolute Gasteiger partial charge is 0.497 e. The summed E-state index contributed by atoms with van der Waals surface area (Å²) in [6, 6.07) is 8.18. The van der Waals surface area contributed by atoms with Crippen molar-refractivity contribution in [3.05, 3.63) is 63.5 Å². The molecule has 0 aliphatic carbocycles. The summed E-state index contributed by atoms with van der Waals surface area (Å²) < 4.78 is 48.1. The van der Waals surface area contributed by atoms with Gasteiger partial charge in [0.1, 0.15) is 5.75 Å². The van der Waals surface area contributed by atoms with E-state index >= 15 is 0 Å². The van der Waals surface area contributed by atoms with E-state index in [1.807, 2.05) is 0 Å². The number of fused-ring (bicyclic) bond motifs is 1. The van der Waals surface area contributed by atoms with Gasteiger partial charge in [-0.3, -0.25) is 0 Å². The first-order valence-electron chi connectivity index (χ1n) is 7.56. The molecule has 4 nitrogen and oxygen atoms in total. The summed E-state index contributed by atoms with van der Waals surface area (Å²) in [6.07, 6.45) is -4.37. The molecule has 0 aliphatic rings. The maximum atomic E-state index is 12.6. The van der Waals surface area contributed by atoms with Crippen LogP contribution in [-0.2, 0) is 11.9 Å². The molecule has 0 amide bonds. The molecule has 0 aliphatic heterocycles. The quantitative estimate of drug-likeness (QED) is 0.607. The topological polar surface area (TPSA) is 52.3 Å². The molecule has 0 spiro atoms. The Balaban J connectivity index is 1.84. The average molecular weight is 381 g/mol. The Hall–Kier alpha value is -2.48. The molecule has 0 bridgehead atoms. The van der Waals surface area contributed by atoms with Gasteiger partial charge in [-0.1, -0.05) is 23.9 Å². The zero-order chi connectivity index (χ0) is 18.9. The number of rotatable bonds is 4. The van der Waals surface area contributed by atoms with Gasteiger partial charge in [-0.15, -0.1) is 0 Å². The first kappa shape index (κ1) is 18.3. The van der Waals surface area contributed by atoms with Crippen LogP contribution in [0.15, 0.2) is 50.8 Å². The highest BCUT2D eigenvalue weighted by Gasteiger charge is 2.29. The fourth-order valence-corrected chi connectivity index (χ4v) is 3.24. The van der Waals surface area contributed by atoms with Crippen LogP contribution in [0.4, 0.5) is 13.2 Å². The highest BCUT2D eigenvalue weighted by molar-refractivity contribution is 7.98. The van der Waals surface area contributed by atoms with E-state index in [9.17, 15) is 18.0 Å². The zero-order valence-electron chi connectivity index (χ0n) is 13.9. The van der Waals surface area contributed by atoms with Crippen molar-refractivity contribution in [2.45, 2.75) is 24.1 Å². The van der Waals surface area contributed by atoms with Gasteiger partial charge in [0, 0.05) is 11.8 Å². The summed E-state index contributed by atoms with van der Waals surface area (Å²) in [5.41, 5.74) is 0.594. The molecule has 0 atom stereocenters. The Morgan fingerprint density at radius 1 is 1.19 bits per heavy atom. The summed E-state index contributed by atoms with van der Waals surface area (Å²) in [6.45, 7) is 1.76. The lowest BCUT2D eigenvalue weighted by Crippen LogP contribution is -2.05. The van der Waals surface area contributed by atoms with Crippen LogP contribution in [0.1, 0.15) is 16.7 Å².